The molecule has 0 unspecified atom stereocenters. The van der Waals surface area contributed by atoms with Gasteiger partial charge < -0.3 is 4.74 Å². The van der Waals surface area contributed by atoms with Gasteiger partial charge in [0.1, 0.15) is 0 Å². The van der Waals surface area contributed by atoms with E-state index in [2.05, 4.69) is 43.0 Å². The Hall–Kier alpha value is -2.80. The first kappa shape index (κ1) is 22.0. The van der Waals surface area contributed by atoms with Crippen LogP contribution in [-0.2, 0) is 4.74 Å². The topological polar surface area (TPSA) is 45.7 Å². The van der Waals surface area contributed by atoms with Gasteiger partial charge in [0.25, 0.3) is 5.91 Å². The minimum Gasteiger partial charge on any atom is -0.379 e. The lowest BCUT2D eigenvalue weighted by Gasteiger charge is -2.27. The quantitative estimate of drug-likeness (QED) is 0.385. The van der Waals surface area contributed by atoms with Gasteiger partial charge >= 0.3 is 0 Å². The number of ether oxygens (including phenoxy) is 1. The van der Waals surface area contributed by atoms with Crippen LogP contribution in [0.5, 0.6) is 0 Å². The Kier molecular flexibility index (Phi) is 6.40. The third kappa shape index (κ3) is 4.78. The summed E-state index contributed by atoms with van der Waals surface area (Å²) in [5.41, 5.74) is 4.13. The Balaban J connectivity index is 1.45. The number of amides is 1. The van der Waals surface area contributed by atoms with Crippen LogP contribution in [0.2, 0.25) is 0 Å². The van der Waals surface area contributed by atoms with Gasteiger partial charge in [0.15, 0.2) is 5.13 Å². The molecule has 1 fully saturated rings. The molecule has 5 nitrogen and oxygen atoms in total. The normalized spacial score (nSPS) is 14.7. The molecular formula is C27H29N3O2S. The molecule has 0 radical (unpaired) electrons. The van der Waals surface area contributed by atoms with Crippen LogP contribution in [0.15, 0.2) is 54.6 Å². The van der Waals surface area contributed by atoms with Gasteiger partial charge in [0.2, 0.25) is 0 Å². The lowest BCUT2D eigenvalue weighted by atomic mass is 10.1. The number of nitrogens with zero attached hydrogens (tertiary/aromatic N) is 3. The molecule has 33 heavy (non-hydrogen) atoms. The fraction of sp³-hybridized carbons (Fsp3) is 0.333. The van der Waals surface area contributed by atoms with Crippen molar-refractivity contribution in [3.8, 4) is 0 Å². The molecule has 0 saturated carbocycles. The number of carbonyl (C=O) groups excluding carboxylic acids is 1. The average Bonchev–Trinajstić information content (AvgIpc) is 3.24. The van der Waals surface area contributed by atoms with Crippen molar-refractivity contribution >= 4 is 43.4 Å². The third-order valence-electron chi connectivity index (χ3n) is 6.42. The minimum absolute atomic E-state index is 0.00947. The summed E-state index contributed by atoms with van der Waals surface area (Å²) in [4.78, 5) is 22.9. The maximum Gasteiger partial charge on any atom is 0.260 e. The molecule has 170 valence electrons. The molecule has 1 aromatic heterocycles. The Bertz CT molecular complexity index is 1250. The van der Waals surface area contributed by atoms with E-state index < -0.39 is 0 Å². The number of thiazole rings is 1. The highest BCUT2D eigenvalue weighted by Gasteiger charge is 2.22. The van der Waals surface area contributed by atoms with Crippen LogP contribution in [0.4, 0.5) is 5.13 Å². The Morgan fingerprint density at radius 2 is 1.79 bits per heavy atom. The van der Waals surface area contributed by atoms with Crippen LogP contribution in [0.25, 0.3) is 21.0 Å². The first-order valence-electron chi connectivity index (χ1n) is 11.6. The number of benzene rings is 3. The van der Waals surface area contributed by atoms with E-state index in [1.165, 1.54) is 11.1 Å². The minimum atomic E-state index is 0.00947. The van der Waals surface area contributed by atoms with Crippen LogP contribution in [-0.4, -0.2) is 55.2 Å². The second kappa shape index (κ2) is 9.59. The Morgan fingerprint density at radius 3 is 2.61 bits per heavy atom. The van der Waals surface area contributed by atoms with Crippen LogP contribution < -0.4 is 4.90 Å². The molecule has 0 atom stereocenters. The van der Waals surface area contributed by atoms with Crippen LogP contribution in [0.3, 0.4) is 0 Å². The molecule has 0 N–H and O–H groups in total. The SMILES string of the molecule is Cc1cc2nc(N(CCCN3CCOCC3)C(=O)c3ccc4ccccc4c3)sc2cc1C. The predicted octanol–water partition coefficient (Wildman–Crippen LogP) is 5.44. The molecule has 0 aliphatic carbocycles. The molecule has 5 rings (SSSR count). The van der Waals surface area contributed by atoms with Crippen molar-refractivity contribution in [1.29, 1.82) is 0 Å². The fourth-order valence-corrected chi connectivity index (χ4v) is 5.39. The number of aryl methyl sites for hydroxylation is 2. The largest absolute Gasteiger partial charge is 0.379 e. The zero-order valence-corrected chi connectivity index (χ0v) is 20.0. The van der Waals surface area contributed by atoms with Gasteiger partial charge in [-0.1, -0.05) is 41.7 Å². The zero-order valence-electron chi connectivity index (χ0n) is 19.2. The van der Waals surface area contributed by atoms with Crippen molar-refractivity contribution in [1.82, 2.24) is 9.88 Å². The van der Waals surface area contributed by atoms with Gasteiger partial charge in [0, 0.05) is 31.7 Å². The molecule has 3 aromatic carbocycles. The molecule has 2 heterocycles. The maximum atomic E-state index is 13.7. The van der Waals surface area contributed by atoms with E-state index in [9.17, 15) is 4.79 Å². The van der Waals surface area contributed by atoms with E-state index >= 15 is 0 Å². The summed E-state index contributed by atoms with van der Waals surface area (Å²) in [5.74, 6) is 0.00947. The number of morpholine rings is 1. The summed E-state index contributed by atoms with van der Waals surface area (Å²) < 4.78 is 6.59. The van der Waals surface area contributed by atoms with E-state index in [1.807, 2.05) is 35.2 Å². The van der Waals surface area contributed by atoms with Crippen molar-refractivity contribution in [2.75, 3.05) is 44.3 Å². The average molecular weight is 460 g/mol. The lowest BCUT2D eigenvalue weighted by molar-refractivity contribution is 0.0376. The summed E-state index contributed by atoms with van der Waals surface area (Å²) in [5, 5.41) is 2.99. The molecule has 1 amide bonds. The molecule has 1 aliphatic heterocycles. The van der Waals surface area contributed by atoms with Crippen molar-refractivity contribution in [3.63, 3.8) is 0 Å². The van der Waals surface area contributed by atoms with Crippen LogP contribution in [0, 0.1) is 13.8 Å². The standard InChI is InChI=1S/C27H29N3O2S/c1-19-16-24-25(17-20(19)2)33-27(28-24)30(11-5-10-29-12-14-32-15-13-29)26(31)23-9-8-21-6-3-4-7-22(21)18-23/h3-4,6-9,16-18H,5,10-15H2,1-2H3. The number of carbonyl (C=O) groups is 1. The number of fused-ring (bicyclic) bond motifs is 2. The molecule has 0 bridgehead atoms. The summed E-state index contributed by atoms with van der Waals surface area (Å²) in [6.45, 7) is 9.31. The van der Waals surface area contributed by atoms with E-state index in [0.717, 1.165) is 65.4 Å². The number of hydrogen-bond donors (Lipinski definition) is 0. The van der Waals surface area contributed by atoms with Crippen molar-refractivity contribution in [2.24, 2.45) is 0 Å². The van der Waals surface area contributed by atoms with Gasteiger partial charge in [-0.25, -0.2) is 4.98 Å². The molecule has 6 heteroatoms. The molecular weight excluding hydrogens is 430 g/mol. The van der Waals surface area contributed by atoms with Crippen LogP contribution in [0.1, 0.15) is 27.9 Å². The summed E-state index contributed by atoms with van der Waals surface area (Å²) >= 11 is 1.60. The second-order valence-corrected chi connectivity index (χ2v) is 9.74. The maximum absolute atomic E-state index is 13.7. The smallest absolute Gasteiger partial charge is 0.260 e. The number of anilines is 1. The second-order valence-electron chi connectivity index (χ2n) is 8.73. The van der Waals surface area contributed by atoms with Crippen LogP contribution >= 0.6 is 11.3 Å². The lowest BCUT2D eigenvalue weighted by Crippen LogP contribution is -2.39. The number of aromatic nitrogens is 1. The van der Waals surface area contributed by atoms with E-state index in [-0.39, 0.29) is 5.91 Å². The highest BCUT2D eigenvalue weighted by Crippen LogP contribution is 2.32. The highest BCUT2D eigenvalue weighted by atomic mass is 32.1. The summed E-state index contributed by atoms with van der Waals surface area (Å²) in [7, 11) is 0. The monoisotopic (exact) mass is 459 g/mol. The highest BCUT2D eigenvalue weighted by molar-refractivity contribution is 7.22. The van der Waals surface area contributed by atoms with Crippen molar-refractivity contribution in [3.05, 3.63) is 71.3 Å². The predicted molar refractivity (Wildman–Crippen MR) is 137 cm³/mol. The van der Waals surface area contributed by atoms with Gasteiger partial charge in [0.05, 0.1) is 23.4 Å². The fourth-order valence-electron chi connectivity index (χ4n) is 4.32. The van der Waals surface area contributed by atoms with E-state index in [0.29, 0.717) is 12.1 Å². The van der Waals surface area contributed by atoms with Gasteiger partial charge in [-0.05, 0) is 66.4 Å². The molecule has 0 spiro atoms. The van der Waals surface area contributed by atoms with Gasteiger partial charge in [-0.3, -0.25) is 14.6 Å². The molecule has 1 aliphatic rings. The summed E-state index contributed by atoms with van der Waals surface area (Å²) in [6.07, 6.45) is 0.896. The van der Waals surface area contributed by atoms with Crippen molar-refractivity contribution in [2.45, 2.75) is 20.3 Å². The van der Waals surface area contributed by atoms with E-state index in [4.69, 9.17) is 9.72 Å². The first-order valence-corrected chi connectivity index (χ1v) is 12.4. The molecule has 1 saturated heterocycles. The molecule has 4 aromatic rings. The number of rotatable bonds is 6. The van der Waals surface area contributed by atoms with E-state index in [1.54, 1.807) is 11.3 Å². The Labute approximate surface area is 198 Å². The zero-order chi connectivity index (χ0) is 22.8. The summed E-state index contributed by atoms with van der Waals surface area (Å²) in [6, 6.07) is 18.4. The first-order chi connectivity index (χ1) is 16.1. The third-order valence-corrected chi connectivity index (χ3v) is 7.47. The van der Waals surface area contributed by atoms with Crippen molar-refractivity contribution < 1.29 is 9.53 Å². The van der Waals surface area contributed by atoms with Gasteiger partial charge in [-0.2, -0.15) is 0 Å². The number of hydrogen-bond acceptors (Lipinski definition) is 5. The van der Waals surface area contributed by atoms with Gasteiger partial charge in [-0.15, -0.1) is 0 Å². The Morgan fingerprint density at radius 1 is 1.03 bits per heavy atom.